The third-order valence-corrected chi connectivity index (χ3v) is 3.33. The monoisotopic (exact) mass is 282 g/mol. The minimum Gasteiger partial charge on any atom is -0.314 e. The highest BCUT2D eigenvalue weighted by molar-refractivity contribution is 5.21. The molecule has 1 N–H and O–H groups in total. The van der Waals surface area contributed by atoms with Gasteiger partial charge in [0.25, 0.3) is 0 Å². The SMILES string of the molecule is CCn1cc([N+](=O)[O-])c(=O)n(CCCNC2CC2)c1=O. The molecule has 1 fully saturated rings. The van der Waals surface area contributed by atoms with Crippen molar-refractivity contribution in [1.29, 1.82) is 0 Å². The molecule has 1 saturated carbocycles. The summed E-state index contributed by atoms with van der Waals surface area (Å²) in [5.41, 5.74) is -1.87. The maximum atomic E-state index is 12.0. The normalized spacial score (nSPS) is 14.4. The largest absolute Gasteiger partial charge is 0.350 e. The summed E-state index contributed by atoms with van der Waals surface area (Å²) in [5.74, 6) is 0. The van der Waals surface area contributed by atoms with Gasteiger partial charge in [0.2, 0.25) is 0 Å². The molecular formula is C12H18N4O4. The molecule has 20 heavy (non-hydrogen) atoms. The summed E-state index contributed by atoms with van der Waals surface area (Å²) in [7, 11) is 0. The average molecular weight is 282 g/mol. The number of nitrogens with one attached hydrogen (secondary N) is 1. The van der Waals surface area contributed by atoms with Crippen LogP contribution in [0.1, 0.15) is 26.2 Å². The lowest BCUT2D eigenvalue weighted by Gasteiger charge is -2.08. The van der Waals surface area contributed by atoms with Crippen LogP contribution in [0.4, 0.5) is 5.69 Å². The summed E-state index contributed by atoms with van der Waals surface area (Å²) in [4.78, 5) is 34.0. The van der Waals surface area contributed by atoms with E-state index in [9.17, 15) is 19.7 Å². The van der Waals surface area contributed by atoms with Gasteiger partial charge >= 0.3 is 16.9 Å². The highest BCUT2D eigenvalue weighted by Crippen LogP contribution is 2.18. The Morgan fingerprint density at radius 1 is 1.45 bits per heavy atom. The molecule has 8 heteroatoms. The van der Waals surface area contributed by atoms with Gasteiger partial charge in [-0.1, -0.05) is 0 Å². The highest BCUT2D eigenvalue weighted by Gasteiger charge is 2.21. The topological polar surface area (TPSA) is 99.2 Å². The van der Waals surface area contributed by atoms with E-state index in [1.54, 1.807) is 6.92 Å². The van der Waals surface area contributed by atoms with Crippen LogP contribution in [0.25, 0.3) is 0 Å². The number of aromatic nitrogens is 2. The van der Waals surface area contributed by atoms with E-state index >= 15 is 0 Å². The van der Waals surface area contributed by atoms with Crippen LogP contribution < -0.4 is 16.6 Å². The predicted molar refractivity (Wildman–Crippen MR) is 72.9 cm³/mol. The van der Waals surface area contributed by atoms with Crippen LogP contribution in [0.2, 0.25) is 0 Å². The first-order valence-corrected chi connectivity index (χ1v) is 6.76. The van der Waals surface area contributed by atoms with E-state index in [1.807, 2.05) is 0 Å². The molecule has 1 heterocycles. The highest BCUT2D eigenvalue weighted by atomic mass is 16.6. The summed E-state index contributed by atoms with van der Waals surface area (Å²) in [6.07, 6.45) is 3.94. The second kappa shape index (κ2) is 6.00. The van der Waals surface area contributed by atoms with E-state index in [1.165, 1.54) is 17.4 Å². The van der Waals surface area contributed by atoms with Crippen molar-refractivity contribution in [3.05, 3.63) is 37.1 Å². The lowest BCUT2D eigenvalue weighted by molar-refractivity contribution is -0.387. The molecule has 1 aliphatic carbocycles. The zero-order valence-corrected chi connectivity index (χ0v) is 11.4. The first kappa shape index (κ1) is 14.4. The minimum absolute atomic E-state index is 0.194. The summed E-state index contributed by atoms with van der Waals surface area (Å²) in [6.45, 7) is 2.89. The van der Waals surface area contributed by atoms with Gasteiger partial charge in [0.05, 0.1) is 11.1 Å². The summed E-state index contributed by atoms with van der Waals surface area (Å²) >= 11 is 0. The van der Waals surface area contributed by atoms with Gasteiger partial charge in [-0.05, 0) is 32.7 Å². The quantitative estimate of drug-likeness (QED) is 0.434. The zero-order valence-electron chi connectivity index (χ0n) is 11.4. The fraction of sp³-hybridized carbons (Fsp3) is 0.667. The van der Waals surface area contributed by atoms with Gasteiger partial charge < -0.3 is 5.32 Å². The minimum atomic E-state index is -0.823. The molecule has 1 aromatic rings. The number of rotatable bonds is 7. The molecule has 0 atom stereocenters. The fourth-order valence-electron chi connectivity index (χ4n) is 2.02. The molecule has 1 aromatic heterocycles. The maximum absolute atomic E-state index is 12.0. The Labute approximate surface area is 115 Å². The first-order chi connectivity index (χ1) is 9.54. The Hall–Kier alpha value is -1.96. The number of nitrogens with zero attached hydrogens (tertiary/aromatic N) is 3. The Balaban J connectivity index is 2.19. The van der Waals surface area contributed by atoms with E-state index in [0.717, 1.165) is 10.8 Å². The summed E-state index contributed by atoms with van der Waals surface area (Å²) < 4.78 is 2.14. The van der Waals surface area contributed by atoms with Gasteiger partial charge in [0.15, 0.2) is 0 Å². The molecule has 2 rings (SSSR count). The third kappa shape index (κ3) is 3.13. The van der Waals surface area contributed by atoms with Crippen molar-refractivity contribution in [2.75, 3.05) is 6.54 Å². The van der Waals surface area contributed by atoms with Crippen LogP contribution in [0.3, 0.4) is 0 Å². The van der Waals surface area contributed by atoms with Crippen molar-refractivity contribution in [2.45, 2.75) is 45.3 Å². The Kier molecular flexibility index (Phi) is 4.33. The molecule has 0 saturated heterocycles. The molecule has 0 unspecified atom stereocenters. The van der Waals surface area contributed by atoms with E-state index in [4.69, 9.17) is 0 Å². The van der Waals surface area contributed by atoms with Crippen LogP contribution >= 0.6 is 0 Å². The van der Waals surface area contributed by atoms with Crippen molar-refractivity contribution in [3.63, 3.8) is 0 Å². The standard InChI is InChI=1S/C12H18N4O4/c1-2-14-8-10(16(19)20)11(17)15(12(14)18)7-3-6-13-9-4-5-9/h8-9,13H,2-7H2,1H3. The van der Waals surface area contributed by atoms with E-state index in [0.29, 0.717) is 25.6 Å². The Bertz CT molecular complexity index is 615. The number of hydrogen-bond donors (Lipinski definition) is 1. The molecule has 8 nitrogen and oxygen atoms in total. The van der Waals surface area contributed by atoms with Gasteiger partial charge in [0.1, 0.15) is 0 Å². The molecule has 1 aliphatic rings. The van der Waals surface area contributed by atoms with Crippen molar-refractivity contribution in [2.24, 2.45) is 0 Å². The molecule has 0 amide bonds. The Morgan fingerprint density at radius 2 is 2.15 bits per heavy atom. The molecular weight excluding hydrogens is 264 g/mol. The maximum Gasteiger partial charge on any atom is 0.350 e. The van der Waals surface area contributed by atoms with Crippen LogP contribution in [-0.2, 0) is 13.1 Å². The van der Waals surface area contributed by atoms with E-state index in [2.05, 4.69) is 5.32 Å². The zero-order chi connectivity index (χ0) is 14.7. The predicted octanol–water partition coefficient (Wildman–Crippen LogP) is 0.0802. The van der Waals surface area contributed by atoms with E-state index < -0.39 is 21.9 Å². The molecule has 0 bridgehead atoms. The summed E-state index contributed by atoms with van der Waals surface area (Å²) in [5, 5.41) is 14.1. The number of hydrogen-bond acceptors (Lipinski definition) is 5. The van der Waals surface area contributed by atoms with Crippen molar-refractivity contribution >= 4 is 5.69 Å². The van der Waals surface area contributed by atoms with Gasteiger partial charge in [0, 0.05) is 19.1 Å². The summed E-state index contributed by atoms with van der Waals surface area (Å²) in [6, 6.07) is 0.559. The van der Waals surface area contributed by atoms with Crippen molar-refractivity contribution in [3.8, 4) is 0 Å². The smallest absolute Gasteiger partial charge is 0.314 e. The molecule has 0 aromatic carbocycles. The van der Waals surface area contributed by atoms with Gasteiger partial charge in [-0.2, -0.15) is 0 Å². The number of aryl methyl sites for hydroxylation is 1. The van der Waals surface area contributed by atoms with Gasteiger partial charge in [-0.3, -0.25) is 24.0 Å². The van der Waals surface area contributed by atoms with Crippen LogP contribution in [0.5, 0.6) is 0 Å². The molecule has 0 radical (unpaired) electrons. The second-order valence-corrected chi connectivity index (χ2v) is 4.88. The van der Waals surface area contributed by atoms with Crippen LogP contribution in [0, 0.1) is 10.1 Å². The van der Waals surface area contributed by atoms with Crippen LogP contribution in [-0.4, -0.2) is 26.6 Å². The first-order valence-electron chi connectivity index (χ1n) is 6.76. The third-order valence-electron chi connectivity index (χ3n) is 3.33. The van der Waals surface area contributed by atoms with Crippen molar-refractivity contribution in [1.82, 2.24) is 14.5 Å². The van der Waals surface area contributed by atoms with Crippen LogP contribution in [0.15, 0.2) is 15.8 Å². The molecule has 0 aliphatic heterocycles. The van der Waals surface area contributed by atoms with Gasteiger partial charge in [-0.15, -0.1) is 0 Å². The van der Waals surface area contributed by atoms with Crippen molar-refractivity contribution < 1.29 is 4.92 Å². The molecule has 0 spiro atoms. The second-order valence-electron chi connectivity index (χ2n) is 4.88. The van der Waals surface area contributed by atoms with Gasteiger partial charge in [-0.25, -0.2) is 4.79 Å². The van der Waals surface area contributed by atoms with E-state index in [-0.39, 0.29) is 6.54 Å². The Morgan fingerprint density at radius 3 is 2.70 bits per heavy atom. The lowest BCUT2D eigenvalue weighted by atomic mass is 10.4. The molecule has 110 valence electrons. The lowest BCUT2D eigenvalue weighted by Crippen LogP contribution is -2.40. The fourth-order valence-corrected chi connectivity index (χ4v) is 2.02. The number of nitro groups is 1. The average Bonchev–Trinajstić information content (AvgIpc) is 3.21.